The second-order valence-electron chi connectivity index (χ2n) is 22.6. The Morgan fingerprint density at radius 2 is 1.65 bits per heavy atom. The maximum absolute atomic E-state index is 12.7. The molecule has 4 heterocycles. The van der Waals surface area contributed by atoms with E-state index >= 15 is 0 Å². The highest BCUT2D eigenvalue weighted by Gasteiger charge is 2.84. The van der Waals surface area contributed by atoms with Crippen molar-refractivity contribution >= 4 is 0 Å². The molecule has 9 heteroatoms. The van der Waals surface area contributed by atoms with Crippen LogP contribution in [0.2, 0.25) is 0 Å². The van der Waals surface area contributed by atoms with Gasteiger partial charge in [0.2, 0.25) is 0 Å². The number of nitrogens with zero attached hydrogens (tertiary/aromatic N) is 2. The van der Waals surface area contributed by atoms with Crippen LogP contribution in [0.1, 0.15) is 114 Å². The summed E-state index contributed by atoms with van der Waals surface area (Å²) >= 11 is 0. The summed E-state index contributed by atoms with van der Waals surface area (Å²) in [5.41, 5.74) is -0.0929. The van der Waals surface area contributed by atoms with Crippen LogP contribution in [0.15, 0.2) is 0 Å². The van der Waals surface area contributed by atoms with Gasteiger partial charge in [0, 0.05) is 56.7 Å². The molecule has 0 amide bonds. The van der Waals surface area contributed by atoms with Crippen molar-refractivity contribution in [3.05, 3.63) is 0 Å². The molecule has 5 aliphatic carbocycles. The summed E-state index contributed by atoms with van der Waals surface area (Å²) in [5.74, 6) is 2.59. The van der Waals surface area contributed by atoms with Gasteiger partial charge in [-0.2, -0.15) is 0 Å². The monoisotopic (exact) mass is 757 g/mol. The molecular formula is C45H76N2O7. The summed E-state index contributed by atoms with van der Waals surface area (Å²) in [6.45, 7) is 30.2. The second-order valence-corrected chi connectivity index (χ2v) is 22.6. The topological polar surface area (TPSA) is 93.1 Å². The Morgan fingerprint density at radius 3 is 2.33 bits per heavy atom. The summed E-state index contributed by atoms with van der Waals surface area (Å²) in [5, 5.41) is 23.8. The van der Waals surface area contributed by atoms with Crippen molar-refractivity contribution in [2.24, 2.45) is 62.1 Å². The van der Waals surface area contributed by atoms with Gasteiger partial charge in [-0.1, -0.05) is 41.5 Å². The number of rotatable bonds is 10. The summed E-state index contributed by atoms with van der Waals surface area (Å²) < 4.78 is 32.1. The largest absolute Gasteiger partial charge is 0.390 e. The van der Waals surface area contributed by atoms with Gasteiger partial charge in [-0.25, -0.2) is 0 Å². The number of hydrogen-bond acceptors (Lipinski definition) is 9. The smallest absolute Gasteiger partial charge is 0.170 e. The molecule has 0 aromatic heterocycles. The van der Waals surface area contributed by atoms with Gasteiger partial charge in [0.1, 0.15) is 6.10 Å². The lowest BCUT2D eigenvalue weighted by Gasteiger charge is -2.64. The fourth-order valence-corrected chi connectivity index (χ4v) is 16.2. The van der Waals surface area contributed by atoms with Gasteiger partial charge in [0.05, 0.1) is 49.8 Å². The SMILES string of the molecule is CCO[C@@H]([C@H]1C[C@@H](C)[C@H]2[C@H](O1)[C@H](O)[C@@]1(C)[C@@H]3CC[C@H]4C(C)(C)[C@@H](O[C@H]5CN(CC6CN(CC7(C)COC7)C6)CCO5)CC[C@@]45C[C@@]35CC[C@]21C)C(C)(C)O. The molecule has 2 spiro atoms. The fourth-order valence-electron chi connectivity index (χ4n) is 16.2. The molecule has 0 bridgehead atoms. The number of aliphatic hydroxyl groups excluding tert-OH is 1. The molecule has 14 atom stereocenters. The standard InChI is InChI=1S/C45H76N2O7/c1-10-51-38(40(5,6)49)30-19-28(2)35-36(53-30)37(48)43(9)32-12-11-31-39(3,4)33(13-14-44(31)24-45(32,44)16-15-42(35,43)8)54-34-23-46(17-18-52-34)20-29-21-47(22-29)25-41(7)26-50-27-41/h28-38,48-49H,10-27H2,1-9H3/t28-,30-,31+,32+,33+,34+,35+,36+,37+,38+,42-,43-,44-,45+/m1/s1. The average molecular weight is 757 g/mol. The van der Waals surface area contributed by atoms with E-state index in [1.165, 1.54) is 58.2 Å². The molecule has 9 nitrogen and oxygen atoms in total. The Bertz CT molecular complexity index is 1410. The molecule has 9 aliphatic rings. The van der Waals surface area contributed by atoms with Crippen LogP contribution >= 0.6 is 0 Å². The molecule has 0 radical (unpaired) electrons. The van der Waals surface area contributed by atoms with E-state index < -0.39 is 17.8 Å². The highest BCUT2D eigenvalue weighted by Crippen LogP contribution is 2.89. The first-order valence-electron chi connectivity index (χ1n) is 22.4. The van der Waals surface area contributed by atoms with E-state index in [2.05, 4.69) is 51.3 Å². The highest BCUT2D eigenvalue weighted by molar-refractivity contribution is 5.33. The quantitative estimate of drug-likeness (QED) is 0.279. The predicted molar refractivity (Wildman–Crippen MR) is 208 cm³/mol. The Labute approximate surface area is 326 Å². The number of hydrogen-bond donors (Lipinski definition) is 2. The summed E-state index contributed by atoms with van der Waals surface area (Å²) in [4.78, 5) is 5.23. The van der Waals surface area contributed by atoms with Crippen LogP contribution in [0.3, 0.4) is 0 Å². The van der Waals surface area contributed by atoms with Crippen LogP contribution < -0.4 is 0 Å². The minimum Gasteiger partial charge on any atom is -0.390 e. The number of aliphatic hydroxyl groups is 2. The van der Waals surface area contributed by atoms with E-state index in [1.807, 2.05) is 20.8 Å². The first-order chi connectivity index (χ1) is 25.4. The van der Waals surface area contributed by atoms with E-state index in [1.54, 1.807) is 0 Å². The Hall–Kier alpha value is -0.360. The second kappa shape index (κ2) is 13.1. The van der Waals surface area contributed by atoms with Gasteiger partial charge >= 0.3 is 0 Å². The van der Waals surface area contributed by atoms with Gasteiger partial charge in [0.15, 0.2) is 6.29 Å². The molecule has 0 aromatic rings. The molecule has 2 N–H and O–H groups in total. The first-order valence-corrected chi connectivity index (χ1v) is 22.4. The van der Waals surface area contributed by atoms with Gasteiger partial charge in [-0.3, -0.25) is 4.90 Å². The third-order valence-electron chi connectivity index (χ3n) is 18.6. The minimum atomic E-state index is -1.01. The number of fused-ring (bicyclic) bond motifs is 4. The molecule has 5 saturated carbocycles. The highest BCUT2D eigenvalue weighted by atomic mass is 16.7. The van der Waals surface area contributed by atoms with Gasteiger partial charge < -0.3 is 38.8 Å². The maximum Gasteiger partial charge on any atom is 0.170 e. The van der Waals surface area contributed by atoms with Crippen LogP contribution in [0.4, 0.5) is 0 Å². The van der Waals surface area contributed by atoms with Crippen LogP contribution in [0.5, 0.6) is 0 Å². The van der Waals surface area contributed by atoms with Gasteiger partial charge in [0.25, 0.3) is 0 Å². The van der Waals surface area contributed by atoms with E-state index in [4.69, 9.17) is 23.7 Å². The van der Waals surface area contributed by atoms with Crippen LogP contribution in [-0.4, -0.2) is 128 Å². The van der Waals surface area contributed by atoms with Gasteiger partial charge in [-0.15, -0.1) is 0 Å². The van der Waals surface area contributed by atoms with Crippen molar-refractivity contribution in [2.75, 3.05) is 65.7 Å². The Balaban J connectivity index is 0.865. The van der Waals surface area contributed by atoms with Crippen LogP contribution in [0.25, 0.3) is 0 Å². The van der Waals surface area contributed by atoms with Crippen molar-refractivity contribution in [2.45, 2.75) is 156 Å². The first kappa shape index (κ1) is 39.1. The molecule has 9 rings (SSSR count). The molecule has 308 valence electrons. The molecule has 0 unspecified atom stereocenters. The lowest BCUT2D eigenvalue weighted by molar-refractivity contribution is -0.250. The zero-order valence-electron chi connectivity index (χ0n) is 35.4. The summed E-state index contributed by atoms with van der Waals surface area (Å²) in [6.07, 6.45) is 8.11. The van der Waals surface area contributed by atoms with E-state index in [0.717, 1.165) is 58.2 Å². The number of likely N-dealkylation sites (tertiary alicyclic amines) is 1. The zero-order valence-corrected chi connectivity index (χ0v) is 35.4. The van der Waals surface area contributed by atoms with Crippen LogP contribution in [0, 0.1) is 62.1 Å². The zero-order chi connectivity index (χ0) is 38.3. The normalized spacial score (nSPS) is 50.4. The van der Waals surface area contributed by atoms with Crippen LogP contribution in [-0.2, 0) is 23.7 Å². The Morgan fingerprint density at radius 1 is 0.926 bits per heavy atom. The fraction of sp³-hybridized carbons (Fsp3) is 1.00. The summed E-state index contributed by atoms with van der Waals surface area (Å²) in [7, 11) is 0. The number of morpholine rings is 1. The summed E-state index contributed by atoms with van der Waals surface area (Å²) in [6, 6.07) is 0. The van der Waals surface area contributed by atoms with E-state index in [9.17, 15) is 10.2 Å². The molecular weight excluding hydrogens is 681 g/mol. The van der Waals surface area contributed by atoms with Crippen molar-refractivity contribution in [1.82, 2.24) is 9.80 Å². The predicted octanol–water partition coefficient (Wildman–Crippen LogP) is 5.99. The lowest BCUT2D eigenvalue weighted by atomic mass is 9.41. The number of ether oxygens (including phenoxy) is 5. The maximum atomic E-state index is 12.7. The van der Waals surface area contributed by atoms with Crippen molar-refractivity contribution in [3.8, 4) is 0 Å². The Kier molecular flexibility index (Phi) is 9.47. The van der Waals surface area contributed by atoms with E-state index in [0.29, 0.717) is 46.5 Å². The average Bonchev–Trinajstić information content (AvgIpc) is 3.71. The van der Waals surface area contributed by atoms with E-state index in [-0.39, 0.29) is 40.8 Å². The van der Waals surface area contributed by atoms with Crippen molar-refractivity contribution in [1.29, 1.82) is 0 Å². The van der Waals surface area contributed by atoms with Crippen molar-refractivity contribution in [3.63, 3.8) is 0 Å². The molecule has 4 aliphatic heterocycles. The third-order valence-corrected chi connectivity index (χ3v) is 18.6. The molecule has 0 aromatic carbocycles. The minimum absolute atomic E-state index is 0.0192. The van der Waals surface area contributed by atoms with Gasteiger partial charge in [-0.05, 0) is 123 Å². The molecule has 54 heavy (non-hydrogen) atoms. The third kappa shape index (κ3) is 5.61. The van der Waals surface area contributed by atoms with Crippen molar-refractivity contribution < 1.29 is 33.9 Å². The molecule has 4 saturated heterocycles. The lowest BCUT2D eigenvalue weighted by Crippen LogP contribution is -2.60. The molecule has 9 fully saturated rings.